The van der Waals surface area contributed by atoms with Crippen molar-refractivity contribution in [2.24, 2.45) is 0 Å². The van der Waals surface area contributed by atoms with Gasteiger partial charge in [-0.1, -0.05) is 48.2 Å². The zero-order valence-corrected chi connectivity index (χ0v) is 21.2. The highest BCUT2D eigenvalue weighted by molar-refractivity contribution is 7.99. The largest absolute Gasteiger partial charge is 0.489 e. The molecule has 4 aromatic carbocycles. The molecule has 1 aromatic heterocycles. The number of rotatable bonds is 9. The second-order valence-electron chi connectivity index (χ2n) is 8.64. The van der Waals surface area contributed by atoms with Gasteiger partial charge in [-0.2, -0.15) is 0 Å². The molecule has 0 spiro atoms. The average molecular weight is 521 g/mol. The van der Waals surface area contributed by atoms with Gasteiger partial charge >= 0.3 is 5.97 Å². The Morgan fingerprint density at radius 3 is 2.32 bits per heavy atom. The number of pyridine rings is 1. The van der Waals surface area contributed by atoms with E-state index in [1.54, 1.807) is 42.4 Å². The van der Waals surface area contributed by atoms with Crippen LogP contribution < -0.4 is 10.1 Å². The van der Waals surface area contributed by atoms with Crippen molar-refractivity contribution in [1.82, 2.24) is 4.98 Å². The fourth-order valence-electron chi connectivity index (χ4n) is 3.97. The summed E-state index contributed by atoms with van der Waals surface area (Å²) in [6.07, 6.45) is 3.66. The molecule has 0 fully saturated rings. The summed E-state index contributed by atoms with van der Waals surface area (Å²) in [7, 11) is 0. The second kappa shape index (κ2) is 11.6. The van der Waals surface area contributed by atoms with E-state index >= 15 is 0 Å². The van der Waals surface area contributed by atoms with E-state index in [-0.39, 0.29) is 17.9 Å². The minimum atomic E-state index is -1.08. The summed E-state index contributed by atoms with van der Waals surface area (Å²) >= 11 is 1.64. The number of fused-ring (bicyclic) bond motifs is 1. The molecule has 0 aliphatic rings. The number of para-hydroxylation sites is 1. The molecule has 0 saturated carbocycles. The first-order chi connectivity index (χ1) is 18.5. The molecule has 0 atom stereocenters. The van der Waals surface area contributed by atoms with Crippen molar-refractivity contribution in [3.8, 4) is 5.75 Å². The molecule has 38 heavy (non-hydrogen) atoms. The van der Waals surface area contributed by atoms with E-state index in [0.29, 0.717) is 12.3 Å². The van der Waals surface area contributed by atoms with Crippen LogP contribution >= 0.6 is 11.8 Å². The third kappa shape index (κ3) is 6.38. The number of amides is 1. The van der Waals surface area contributed by atoms with E-state index in [2.05, 4.69) is 34.6 Å². The number of carbonyl (C=O) groups is 2. The Balaban J connectivity index is 1.21. The van der Waals surface area contributed by atoms with Crippen LogP contribution in [-0.2, 0) is 17.8 Å². The smallest absolute Gasteiger partial charge is 0.337 e. The Morgan fingerprint density at radius 2 is 1.53 bits per heavy atom. The van der Waals surface area contributed by atoms with Crippen LogP contribution in [0.4, 0.5) is 5.69 Å². The van der Waals surface area contributed by atoms with Crippen molar-refractivity contribution in [2.45, 2.75) is 22.8 Å². The molecule has 2 N–H and O–H groups in total. The van der Waals surface area contributed by atoms with Crippen LogP contribution in [0, 0.1) is 0 Å². The predicted octanol–water partition coefficient (Wildman–Crippen LogP) is 6.84. The summed E-state index contributed by atoms with van der Waals surface area (Å²) in [6.45, 7) is 0.485. The van der Waals surface area contributed by atoms with Crippen molar-refractivity contribution < 1.29 is 19.4 Å². The van der Waals surface area contributed by atoms with Gasteiger partial charge in [0.15, 0.2) is 0 Å². The van der Waals surface area contributed by atoms with Crippen LogP contribution in [0.3, 0.4) is 0 Å². The molecule has 0 saturated heterocycles. The Kier molecular flexibility index (Phi) is 7.66. The molecule has 0 bridgehead atoms. The molecular weight excluding hydrogens is 496 g/mol. The number of aromatic carboxylic acids is 1. The topological polar surface area (TPSA) is 88.5 Å². The Bertz CT molecular complexity index is 1590. The second-order valence-corrected chi connectivity index (χ2v) is 9.78. The third-order valence-electron chi connectivity index (χ3n) is 5.89. The molecule has 6 nitrogen and oxygen atoms in total. The van der Waals surface area contributed by atoms with Crippen LogP contribution in [0.1, 0.15) is 21.5 Å². The molecule has 7 heteroatoms. The van der Waals surface area contributed by atoms with Gasteiger partial charge in [0, 0.05) is 22.2 Å². The number of hydrogen-bond donors (Lipinski definition) is 2. The normalized spacial score (nSPS) is 10.7. The number of carboxylic acids is 1. The third-order valence-corrected chi connectivity index (χ3v) is 6.89. The minimum absolute atomic E-state index is 0.0652. The SMILES string of the molecule is O=C(Cc1ccc(Sc2ccc3ccc(OCc4ccncc4)cc3c2)cc1)Nc1ccccc1C(=O)O. The first-order valence-electron chi connectivity index (χ1n) is 12.0. The van der Waals surface area contributed by atoms with E-state index in [1.807, 2.05) is 48.5 Å². The zero-order valence-electron chi connectivity index (χ0n) is 20.3. The number of anilines is 1. The molecule has 188 valence electrons. The highest BCUT2D eigenvalue weighted by Crippen LogP contribution is 2.32. The Labute approximate surface area is 224 Å². The molecule has 5 rings (SSSR count). The molecule has 1 heterocycles. The number of carbonyl (C=O) groups excluding carboxylic acids is 1. The van der Waals surface area contributed by atoms with E-state index in [0.717, 1.165) is 37.4 Å². The van der Waals surface area contributed by atoms with Crippen molar-refractivity contribution in [2.75, 3.05) is 5.32 Å². The number of nitrogens with one attached hydrogen (secondary N) is 1. The summed E-state index contributed by atoms with van der Waals surface area (Å²) in [5.41, 5.74) is 2.26. The van der Waals surface area contributed by atoms with Gasteiger partial charge in [-0.15, -0.1) is 0 Å². The van der Waals surface area contributed by atoms with Crippen molar-refractivity contribution in [3.63, 3.8) is 0 Å². The van der Waals surface area contributed by atoms with Crippen LogP contribution in [0.5, 0.6) is 5.75 Å². The van der Waals surface area contributed by atoms with Crippen LogP contribution in [-0.4, -0.2) is 22.0 Å². The number of nitrogens with zero attached hydrogens (tertiary/aromatic N) is 1. The summed E-state index contributed by atoms with van der Waals surface area (Å²) < 4.78 is 5.96. The maximum absolute atomic E-state index is 12.5. The molecule has 1 amide bonds. The van der Waals surface area contributed by atoms with Crippen LogP contribution in [0.15, 0.2) is 119 Å². The highest BCUT2D eigenvalue weighted by Gasteiger charge is 2.12. The maximum Gasteiger partial charge on any atom is 0.337 e. The monoisotopic (exact) mass is 520 g/mol. The van der Waals surface area contributed by atoms with E-state index in [1.165, 1.54) is 6.07 Å². The van der Waals surface area contributed by atoms with Crippen LogP contribution in [0.2, 0.25) is 0 Å². The number of aromatic nitrogens is 1. The lowest BCUT2D eigenvalue weighted by atomic mass is 10.1. The standard InChI is InChI=1S/C31H24N2O4S/c34-30(33-29-4-2-1-3-28(29)31(35)36)17-21-5-10-26(11-6-21)38-27-12-8-23-7-9-25(18-24(23)19-27)37-20-22-13-15-32-16-14-22/h1-16,18-19H,17,20H2,(H,33,34)(H,35,36). The zero-order chi connectivity index (χ0) is 26.3. The summed E-state index contributed by atoms with van der Waals surface area (Å²) in [5.74, 6) is -0.537. The van der Waals surface area contributed by atoms with E-state index < -0.39 is 5.97 Å². The first kappa shape index (κ1) is 25.0. The van der Waals surface area contributed by atoms with Gasteiger partial charge in [0.1, 0.15) is 12.4 Å². The molecule has 5 aromatic rings. The van der Waals surface area contributed by atoms with Gasteiger partial charge in [-0.25, -0.2) is 4.79 Å². The summed E-state index contributed by atoms with van der Waals surface area (Å²) in [5, 5.41) is 14.2. The van der Waals surface area contributed by atoms with Gasteiger partial charge in [0.05, 0.1) is 17.7 Å². The fourth-order valence-corrected chi connectivity index (χ4v) is 4.84. The van der Waals surface area contributed by atoms with Crippen LogP contribution in [0.25, 0.3) is 10.8 Å². The Morgan fingerprint density at radius 1 is 0.789 bits per heavy atom. The van der Waals surface area contributed by atoms with Crippen molar-refractivity contribution in [1.29, 1.82) is 0 Å². The number of benzene rings is 4. The molecule has 0 aliphatic carbocycles. The molecule has 0 aliphatic heterocycles. The molecular formula is C31H24N2O4S. The van der Waals surface area contributed by atoms with Gasteiger partial charge in [-0.3, -0.25) is 9.78 Å². The quantitative estimate of drug-likeness (QED) is 0.221. The predicted molar refractivity (Wildman–Crippen MR) is 149 cm³/mol. The van der Waals surface area contributed by atoms with Gasteiger partial charge < -0.3 is 15.2 Å². The summed E-state index contributed by atoms with van der Waals surface area (Å²) in [6, 6.07) is 30.4. The average Bonchev–Trinajstić information content (AvgIpc) is 2.93. The maximum atomic E-state index is 12.5. The van der Waals surface area contributed by atoms with Crippen molar-refractivity contribution in [3.05, 3.63) is 126 Å². The number of carboxylic acid groups (broad SMARTS) is 1. The minimum Gasteiger partial charge on any atom is -0.489 e. The Hall–Kier alpha value is -4.62. The van der Waals surface area contributed by atoms with Gasteiger partial charge in [0.2, 0.25) is 5.91 Å². The first-order valence-corrected chi connectivity index (χ1v) is 12.8. The summed E-state index contributed by atoms with van der Waals surface area (Å²) in [4.78, 5) is 30.0. The van der Waals surface area contributed by atoms with Gasteiger partial charge in [-0.05, 0) is 82.6 Å². The number of ether oxygens (including phenoxy) is 1. The van der Waals surface area contributed by atoms with E-state index in [4.69, 9.17) is 4.74 Å². The lowest BCUT2D eigenvalue weighted by molar-refractivity contribution is -0.115. The highest BCUT2D eigenvalue weighted by atomic mass is 32.2. The number of hydrogen-bond acceptors (Lipinski definition) is 5. The van der Waals surface area contributed by atoms with E-state index in [9.17, 15) is 14.7 Å². The molecule has 0 radical (unpaired) electrons. The van der Waals surface area contributed by atoms with Gasteiger partial charge in [0.25, 0.3) is 0 Å². The van der Waals surface area contributed by atoms with Crippen molar-refractivity contribution >= 4 is 40.1 Å². The lowest BCUT2D eigenvalue weighted by Gasteiger charge is -2.10. The fraction of sp³-hybridized carbons (Fsp3) is 0.0645. The molecule has 0 unspecified atom stereocenters. The lowest BCUT2D eigenvalue weighted by Crippen LogP contribution is -2.16.